The van der Waals surface area contributed by atoms with Crippen molar-refractivity contribution in [1.82, 2.24) is 19.9 Å². The van der Waals surface area contributed by atoms with Crippen LogP contribution in [0, 0.1) is 13.8 Å². The third-order valence-electron chi connectivity index (χ3n) is 4.39. The number of hydrogen-bond donors (Lipinski definition) is 0. The van der Waals surface area contributed by atoms with Crippen molar-refractivity contribution in [2.75, 3.05) is 31.1 Å². The van der Waals surface area contributed by atoms with Crippen LogP contribution < -0.4 is 4.90 Å². The second-order valence-electron chi connectivity index (χ2n) is 6.03. The molecule has 1 aliphatic rings. The van der Waals surface area contributed by atoms with Gasteiger partial charge < -0.3 is 9.80 Å². The van der Waals surface area contributed by atoms with Crippen LogP contribution in [0.15, 0.2) is 24.4 Å². The lowest BCUT2D eigenvalue weighted by molar-refractivity contribution is 0.0745. The number of carbonyl (C=O) groups is 1. The second-order valence-corrected chi connectivity index (χ2v) is 6.03. The maximum atomic E-state index is 12.8. The van der Waals surface area contributed by atoms with Crippen LogP contribution in [0.2, 0.25) is 0 Å². The first-order valence-corrected chi connectivity index (χ1v) is 8.39. The molecule has 0 atom stereocenters. The van der Waals surface area contributed by atoms with Crippen molar-refractivity contribution >= 4 is 11.7 Å². The molecular formula is C18H23N5O. The Morgan fingerprint density at radius 1 is 1.08 bits per heavy atom. The fourth-order valence-electron chi connectivity index (χ4n) is 2.96. The van der Waals surface area contributed by atoms with Gasteiger partial charge in [0.05, 0.1) is 11.3 Å². The molecule has 1 saturated heterocycles. The molecule has 1 amide bonds. The smallest absolute Gasteiger partial charge is 0.255 e. The molecular weight excluding hydrogens is 302 g/mol. The predicted octanol–water partition coefficient (Wildman–Crippen LogP) is 2.01. The van der Waals surface area contributed by atoms with Crippen LogP contribution in [0.25, 0.3) is 0 Å². The first-order chi connectivity index (χ1) is 11.6. The monoisotopic (exact) mass is 325 g/mol. The highest BCUT2D eigenvalue weighted by Crippen LogP contribution is 2.16. The van der Waals surface area contributed by atoms with E-state index in [9.17, 15) is 4.79 Å². The van der Waals surface area contributed by atoms with E-state index in [4.69, 9.17) is 0 Å². The number of hydrogen-bond acceptors (Lipinski definition) is 5. The first kappa shape index (κ1) is 16.4. The van der Waals surface area contributed by atoms with E-state index in [-0.39, 0.29) is 5.91 Å². The molecule has 1 aliphatic heterocycles. The van der Waals surface area contributed by atoms with Gasteiger partial charge in [-0.3, -0.25) is 9.78 Å². The molecule has 6 heteroatoms. The summed E-state index contributed by atoms with van der Waals surface area (Å²) in [6.07, 6.45) is 2.66. The SMILES string of the molecule is CCc1ccc(C(=O)N2CCN(c3ccnc(C)n3)CC2)c(C)n1. The number of amides is 1. The molecule has 1 fully saturated rings. The van der Waals surface area contributed by atoms with Crippen molar-refractivity contribution in [3.63, 3.8) is 0 Å². The summed E-state index contributed by atoms with van der Waals surface area (Å²) in [6.45, 7) is 8.81. The van der Waals surface area contributed by atoms with E-state index < -0.39 is 0 Å². The summed E-state index contributed by atoms with van der Waals surface area (Å²) < 4.78 is 0. The fourth-order valence-corrected chi connectivity index (χ4v) is 2.96. The topological polar surface area (TPSA) is 62.2 Å². The molecule has 0 aromatic carbocycles. The van der Waals surface area contributed by atoms with Crippen molar-refractivity contribution in [1.29, 1.82) is 0 Å². The van der Waals surface area contributed by atoms with Crippen LogP contribution in [0.1, 0.15) is 34.5 Å². The number of rotatable bonds is 3. The van der Waals surface area contributed by atoms with Gasteiger partial charge >= 0.3 is 0 Å². The Kier molecular flexibility index (Phi) is 4.74. The highest BCUT2D eigenvalue weighted by molar-refractivity contribution is 5.95. The Labute approximate surface area is 142 Å². The quantitative estimate of drug-likeness (QED) is 0.864. The highest BCUT2D eigenvalue weighted by atomic mass is 16.2. The van der Waals surface area contributed by atoms with Crippen molar-refractivity contribution in [3.05, 3.63) is 47.2 Å². The maximum absolute atomic E-state index is 12.8. The second kappa shape index (κ2) is 6.95. The van der Waals surface area contributed by atoms with Crippen LogP contribution in [0.4, 0.5) is 5.82 Å². The summed E-state index contributed by atoms with van der Waals surface area (Å²) in [5.74, 6) is 1.77. The van der Waals surface area contributed by atoms with Crippen molar-refractivity contribution < 1.29 is 4.79 Å². The predicted molar refractivity (Wildman–Crippen MR) is 93.2 cm³/mol. The molecule has 3 rings (SSSR count). The Morgan fingerprint density at radius 2 is 1.83 bits per heavy atom. The number of piperazine rings is 1. The third-order valence-corrected chi connectivity index (χ3v) is 4.39. The number of nitrogens with zero attached hydrogens (tertiary/aromatic N) is 5. The molecule has 126 valence electrons. The molecule has 0 unspecified atom stereocenters. The van der Waals surface area contributed by atoms with Crippen LogP contribution >= 0.6 is 0 Å². The van der Waals surface area contributed by atoms with Gasteiger partial charge in [0, 0.05) is 38.1 Å². The van der Waals surface area contributed by atoms with Gasteiger partial charge in [-0.2, -0.15) is 0 Å². The Balaban J connectivity index is 1.67. The van der Waals surface area contributed by atoms with Gasteiger partial charge in [-0.05, 0) is 38.5 Å². The molecule has 2 aromatic rings. The number of aryl methyl sites for hydroxylation is 3. The Hall–Kier alpha value is -2.50. The van der Waals surface area contributed by atoms with Crippen molar-refractivity contribution in [3.8, 4) is 0 Å². The van der Waals surface area contributed by atoms with E-state index in [2.05, 4.69) is 26.8 Å². The van der Waals surface area contributed by atoms with Crippen molar-refractivity contribution in [2.24, 2.45) is 0 Å². The summed E-state index contributed by atoms with van der Waals surface area (Å²) in [4.78, 5) is 30.0. The number of carbonyl (C=O) groups excluding carboxylic acids is 1. The minimum absolute atomic E-state index is 0.0705. The van der Waals surface area contributed by atoms with E-state index >= 15 is 0 Å². The lowest BCUT2D eigenvalue weighted by Crippen LogP contribution is -2.49. The van der Waals surface area contributed by atoms with Gasteiger partial charge in [0.2, 0.25) is 0 Å². The minimum Gasteiger partial charge on any atom is -0.353 e. The maximum Gasteiger partial charge on any atom is 0.255 e. The summed E-state index contributed by atoms with van der Waals surface area (Å²) in [7, 11) is 0. The van der Waals surface area contributed by atoms with Crippen LogP contribution in [-0.2, 0) is 6.42 Å². The van der Waals surface area contributed by atoms with Crippen LogP contribution in [0.5, 0.6) is 0 Å². The highest BCUT2D eigenvalue weighted by Gasteiger charge is 2.24. The molecule has 0 N–H and O–H groups in total. The van der Waals surface area contributed by atoms with Gasteiger partial charge in [-0.25, -0.2) is 9.97 Å². The lowest BCUT2D eigenvalue weighted by atomic mass is 10.1. The molecule has 0 spiro atoms. The van der Waals surface area contributed by atoms with Crippen LogP contribution in [-0.4, -0.2) is 51.9 Å². The largest absolute Gasteiger partial charge is 0.353 e. The lowest BCUT2D eigenvalue weighted by Gasteiger charge is -2.35. The standard InChI is InChI=1S/C18H23N5O/c1-4-15-5-6-16(13(2)20-15)18(24)23-11-9-22(10-12-23)17-7-8-19-14(3)21-17/h5-8H,4,9-12H2,1-3H3. The van der Waals surface area contributed by atoms with E-state index in [1.165, 1.54) is 0 Å². The fraction of sp³-hybridized carbons (Fsp3) is 0.444. The molecule has 2 aromatic heterocycles. The number of aromatic nitrogens is 3. The van der Waals surface area contributed by atoms with E-state index in [0.717, 1.165) is 42.5 Å². The van der Waals surface area contributed by atoms with Crippen molar-refractivity contribution in [2.45, 2.75) is 27.2 Å². The molecule has 0 aliphatic carbocycles. The van der Waals surface area contributed by atoms with Crippen LogP contribution in [0.3, 0.4) is 0 Å². The number of anilines is 1. The van der Waals surface area contributed by atoms with Gasteiger partial charge in [0.25, 0.3) is 5.91 Å². The first-order valence-electron chi connectivity index (χ1n) is 8.39. The normalized spacial score (nSPS) is 14.8. The summed E-state index contributed by atoms with van der Waals surface area (Å²) in [5.41, 5.74) is 2.54. The van der Waals surface area contributed by atoms with Gasteiger partial charge in [0.15, 0.2) is 0 Å². The molecule has 6 nitrogen and oxygen atoms in total. The average molecular weight is 325 g/mol. The molecule has 3 heterocycles. The molecule has 0 bridgehead atoms. The molecule has 24 heavy (non-hydrogen) atoms. The third kappa shape index (κ3) is 3.37. The van der Waals surface area contributed by atoms with E-state index in [0.29, 0.717) is 18.7 Å². The Morgan fingerprint density at radius 3 is 2.46 bits per heavy atom. The minimum atomic E-state index is 0.0705. The van der Waals surface area contributed by atoms with E-state index in [1.807, 2.05) is 36.9 Å². The molecule has 0 radical (unpaired) electrons. The summed E-state index contributed by atoms with van der Waals surface area (Å²) >= 11 is 0. The number of pyridine rings is 1. The average Bonchev–Trinajstić information content (AvgIpc) is 2.61. The Bertz CT molecular complexity index is 738. The molecule has 0 saturated carbocycles. The van der Waals surface area contributed by atoms with Gasteiger partial charge in [-0.15, -0.1) is 0 Å². The zero-order chi connectivity index (χ0) is 17.1. The van der Waals surface area contributed by atoms with Gasteiger partial charge in [-0.1, -0.05) is 6.92 Å². The summed E-state index contributed by atoms with van der Waals surface area (Å²) in [5, 5.41) is 0. The summed E-state index contributed by atoms with van der Waals surface area (Å²) in [6, 6.07) is 5.77. The van der Waals surface area contributed by atoms with Gasteiger partial charge in [0.1, 0.15) is 11.6 Å². The zero-order valence-electron chi connectivity index (χ0n) is 14.5. The van der Waals surface area contributed by atoms with E-state index in [1.54, 1.807) is 6.20 Å². The zero-order valence-corrected chi connectivity index (χ0v) is 14.5.